The zero-order valence-corrected chi connectivity index (χ0v) is 14.0. The van der Waals surface area contributed by atoms with Crippen molar-refractivity contribution in [3.63, 3.8) is 0 Å². The van der Waals surface area contributed by atoms with Crippen LogP contribution in [0.3, 0.4) is 0 Å². The molecule has 2 aromatic rings. The van der Waals surface area contributed by atoms with Gasteiger partial charge in [-0.15, -0.1) is 0 Å². The summed E-state index contributed by atoms with van der Waals surface area (Å²) in [4.78, 5) is 15.2. The second kappa shape index (κ2) is 6.31. The first-order valence-corrected chi connectivity index (χ1v) is 8.78. The molecule has 1 amide bonds. The number of benzene rings is 2. The monoisotopic (exact) mass is 321 g/mol. The van der Waals surface area contributed by atoms with Crippen LogP contribution in [0.2, 0.25) is 0 Å². The fraction of sp³-hybridized carbons (Fsp3) is 0.381. The predicted molar refractivity (Wildman–Crippen MR) is 94.0 cm³/mol. The van der Waals surface area contributed by atoms with Gasteiger partial charge in [-0.05, 0) is 42.4 Å². The number of carbonyl (C=O) groups excluding carboxylic acids is 1. The molecular weight excluding hydrogens is 298 g/mol. The average molecular weight is 321 g/mol. The van der Waals surface area contributed by atoms with Gasteiger partial charge in [0.15, 0.2) is 0 Å². The number of likely N-dealkylation sites (tertiary alicyclic amines) is 1. The lowest BCUT2D eigenvalue weighted by Crippen LogP contribution is -2.32. The third-order valence-electron chi connectivity index (χ3n) is 5.37. The minimum absolute atomic E-state index is 0.116. The van der Waals surface area contributed by atoms with Gasteiger partial charge >= 0.3 is 0 Å². The molecule has 1 saturated heterocycles. The van der Waals surface area contributed by atoms with Crippen LogP contribution in [0.15, 0.2) is 54.6 Å². The number of nitrogens with zero attached hydrogens (tertiary/aromatic N) is 1. The van der Waals surface area contributed by atoms with Crippen molar-refractivity contribution in [2.45, 2.75) is 31.2 Å². The first-order chi connectivity index (χ1) is 11.8. The second-order valence-electron chi connectivity index (χ2n) is 6.79. The van der Waals surface area contributed by atoms with E-state index in [1.165, 1.54) is 11.1 Å². The van der Waals surface area contributed by atoms with E-state index in [2.05, 4.69) is 35.2 Å². The Bertz CT molecular complexity index is 728. The van der Waals surface area contributed by atoms with E-state index in [0.717, 1.165) is 31.6 Å². The van der Waals surface area contributed by atoms with E-state index in [4.69, 9.17) is 4.74 Å². The molecule has 2 aromatic carbocycles. The Balaban J connectivity index is 1.51. The number of ether oxygens (including phenoxy) is 1. The maximum absolute atomic E-state index is 13.1. The van der Waals surface area contributed by atoms with E-state index >= 15 is 0 Å². The Morgan fingerprint density at radius 2 is 1.83 bits per heavy atom. The molecule has 0 spiro atoms. The van der Waals surface area contributed by atoms with Gasteiger partial charge in [0, 0.05) is 12.5 Å². The SMILES string of the molecule is COc1ccccc1[C@@H]1C[C@H]1C(=O)N1CCC[C@@H]1c1ccccc1. The number of amides is 1. The van der Waals surface area contributed by atoms with Crippen molar-refractivity contribution >= 4 is 5.91 Å². The number of carbonyl (C=O) groups is 1. The Morgan fingerprint density at radius 1 is 1.08 bits per heavy atom. The highest BCUT2D eigenvalue weighted by Gasteiger charge is 2.48. The molecule has 24 heavy (non-hydrogen) atoms. The first-order valence-electron chi connectivity index (χ1n) is 8.78. The minimum atomic E-state index is 0.116. The third-order valence-corrected chi connectivity index (χ3v) is 5.37. The molecule has 1 aliphatic heterocycles. The molecule has 1 aliphatic carbocycles. The average Bonchev–Trinajstić information content (AvgIpc) is 3.29. The zero-order valence-electron chi connectivity index (χ0n) is 14.0. The number of hydrogen-bond donors (Lipinski definition) is 0. The van der Waals surface area contributed by atoms with Crippen LogP contribution < -0.4 is 4.74 Å². The maximum atomic E-state index is 13.1. The summed E-state index contributed by atoms with van der Waals surface area (Å²) in [5.74, 6) is 1.65. The quantitative estimate of drug-likeness (QED) is 0.846. The van der Waals surface area contributed by atoms with Gasteiger partial charge in [0.2, 0.25) is 5.91 Å². The van der Waals surface area contributed by atoms with Crippen molar-refractivity contribution in [1.29, 1.82) is 0 Å². The summed E-state index contributed by atoms with van der Waals surface area (Å²) in [5, 5.41) is 0. The van der Waals surface area contributed by atoms with Gasteiger partial charge in [0.05, 0.1) is 13.2 Å². The van der Waals surface area contributed by atoms with Gasteiger partial charge in [-0.1, -0.05) is 48.5 Å². The summed E-state index contributed by atoms with van der Waals surface area (Å²) < 4.78 is 5.47. The van der Waals surface area contributed by atoms with Crippen LogP contribution in [0.4, 0.5) is 0 Å². The van der Waals surface area contributed by atoms with Crippen molar-refractivity contribution in [2.24, 2.45) is 5.92 Å². The highest BCUT2D eigenvalue weighted by Crippen LogP contribution is 2.52. The Labute approximate surface area is 143 Å². The van der Waals surface area contributed by atoms with Crippen LogP contribution >= 0.6 is 0 Å². The number of methoxy groups -OCH3 is 1. The molecular formula is C21H23NO2. The van der Waals surface area contributed by atoms with Crippen molar-refractivity contribution < 1.29 is 9.53 Å². The molecule has 0 bridgehead atoms. The smallest absolute Gasteiger partial charge is 0.226 e. The molecule has 1 saturated carbocycles. The molecule has 2 aliphatic rings. The number of para-hydroxylation sites is 1. The van der Waals surface area contributed by atoms with E-state index in [-0.39, 0.29) is 12.0 Å². The van der Waals surface area contributed by atoms with Gasteiger partial charge in [0.25, 0.3) is 0 Å². The molecule has 2 fully saturated rings. The maximum Gasteiger partial charge on any atom is 0.226 e. The van der Waals surface area contributed by atoms with Gasteiger partial charge in [-0.25, -0.2) is 0 Å². The summed E-state index contributed by atoms with van der Waals surface area (Å²) >= 11 is 0. The lowest BCUT2D eigenvalue weighted by atomic mass is 10.0. The summed E-state index contributed by atoms with van der Waals surface area (Å²) in [6, 6.07) is 18.8. The Kier molecular flexibility index (Phi) is 4.01. The standard InChI is InChI=1S/C21H23NO2/c1-24-20-12-6-5-10-16(20)17-14-18(17)21(23)22-13-7-11-19(22)15-8-3-2-4-9-15/h2-6,8-10,12,17-19H,7,11,13-14H2,1H3/t17-,18+,19+/m0/s1. The van der Waals surface area contributed by atoms with Crippen LogP contribution in [-0.4, -0.2) is 24.5 Å². The van der Waals surface area contributed by atoms with Crippen LogP contribution in [0.1, 0.15) is 42.3 Å². The third kappa shape index (κ3) is 2.68. The molecule has 0 aromatic heterocycles. The molecule has 0 N–H and O–H groups in total. The van der Waals surface area contributed by atoms with Gasteiger partial charge < -0.3 is 9.64 Å². The summed E-state index contributed by atoms with van der Waals surface area (Å²) in [5.41, 5.74) is 2.44. The molecule has 3 atom stereocenters. The summed E-state index contributed by atoms with van der Waals surface area (Å²) in [7, 11) is 1.70. The van der Waals surface area contributed by atoms with Crippen molar-refractivity contribution in [1.82, 2.24) is 4.90 Å². The first kappa shape index (κ1) is 15.3. The van der Waals surface area contributed by atoms with E-state index in [9.17, 15) is 4.79 Å². The Morgan fingerprint density at radius 3 is 2.62 bits per heavy atom. The molecule has 0 radical (unpaired) electrons. The molecule has 3 nitrogen and oxygen atoms in total. The van der Waals surface area contributed by atoms with Crippen LogP contribution in [0, 0.1) is 5.92 Å². The molecule has 1 heterocycles. The lowest BCUT2D eigenvalue weighted by Gasteiger charge is -2.25. The van der Waals surface area contributed by atoms with E-state index in [0.29, 0.717) is 11.8 Å². The summed E-state index contributed by atoms with van der Waals surface area (Å²) in [6.07, 6.45) is 3.11. The molecule has 3 heteroatoms. The van der Waals surface area contributed by atoms with Crippen molar-refractivity contribution in [2.75, 3.05) is 13.7 Å². The van der Waals surface area contributed by atoms with Crippen LogP contribution in [-0.2, 0) is 4.79 Å². The largest absolute Gasteiger partial charge is 0.496 e. The zero-order chi connectivity index (χ0) is 16.5. The van der Waals surface area contributed by atoms with Gasteiger partial charge in [0.1, 0.15) is 5.75 Å². The van der Waals surface area contributed by atoms with Crippen molar-refractivity contribution in [3.8, 4) is 5.75 Å². The fourth-order valence-corrected chi connectivity index (χ4v) is 4.05. The van der Waals surface area contributed by atoms with E-state index in [1.807, 2.05) is 24.3 Å². The van der Waals surface area contributed by atoms with Crippen LogP contribution in [0.5, 0.6) is 5.75 Å². The van der Waals surface area contributed by atoms with Gasteiger partial charge in [-0.3, -0.25) is 4.79 Å². The minimum Gasteiger partial charge on any atom is -0.496 e. The molecule has 124 valence electrons. The van der Waals surface area contributed by atoms with Crippen LogP contribution in [0.25, 0.3) is 0 Å². The fourth-order valence-electron chi connectivity index (χ4n) is 4.05. The van der Waals surface area contributed by atoms with E-state index in [1.54, 1.807) is 7.11 Å². The number of rotatable bonds is 4. The number of hydrogen-bond acceptors (Lipinski definition) is 2. The van der Waals surface area contributed by atoms with E-state index < -0.39 is 0 Å². The summed E-state index contributed by atoms with van der Waals surface area (Å²) in [6.45, 7) is 0.882. The second-order valence-corrected chi connectivity index (χ2v) is 6.79. The normalized spacial score (nSPS) is 25.5. The Hall–Kier alpha value is -2.29. The topological polar surface area (TPSA) is 29.5 Å². The van der Waals surface area contributed by atoms with Gasteiger partial charge in [-0.2, -0.15) is 0 Å². The molecule has 0 unspecified atom stereocenters. The molecule has 4 rings (SSSR count). The highest BCUT2D eigenvalue weighted by atomic mass is 16.5. The predicted octanol–water partition coefficient (Wildman–Crippen LogP) is 4.16. The van der Waals surface area contributed by atoms with Crippen molar-refractivity contribution in [3.05, 3.63) is 65.7 Å². The lowest BCUT2D eigenvalue weighted by molar-refractivity contribution is -0.133. The highest BCUT2D eigenvalue weighted by molar-refractivity contribution is 5.84.